The number of carbonyl (C=O) groups excluding carboxylic acids is 3. The first-order chi connectivity index (χ1) is 16.0. The molecule has 35 heavy (non-hydrogen) atoms. The number of nitrogens with one attached hydrogen (secondary N) is 2. The number of carboxylic acid groups (broad SMARTS) is 1. The molecule has 0 aliphatic carbocycles. The fourth-order valence-corrected chi connectivity index (χ4v) is 4.01. The van der Waals surface area contributed by atoms with Crippen LogP contribution in [-0.2, 0) is 14.4 Å². The van der Waals surface area contributed by atoms with Crippen molar-refractivity contribution in [2.24, 2.45) is 0 Å². The smallest absolute Gasteiger partial charge is 1.00 e. The van der Waals surface area contributed by atoms with E-state index in [1.54, 1.807) is 26.0 Å². The minimum Gasteiger partial charge on any atom is -1.00 e. The van der Waals surface area contributed by atoms with E-state index in [0.717, 1.165) is 5.56 Å². The number of allylic oxidation sites excluding steroid dienone is 1. The Morgan fingerprint density at radius 3 is 2.43 bits per heavy atom. The third-order valence-electron chi connectivity index (χ3n) is 5.95. The molecule has 1 aliphatic heterocycles. The SMILES string of the molecule is CC1=CC(=O)C(NC(=O)NC(CC(=O)O)c2ccc(F)c(-c3ccccc3C)c2C)C(=O)N1C.[H-].[Na+]. The predicted molar refractivity (Wildman–Crippen MR) is 124 cm³/mol. The van der Waals surface area contributed by atoms with Gasteiger partial charge in [0.15, 0.2) is 11.8 Å². The number of carboxylic acids is 1. The van der Waals surface area contributed by atoms with Gasteiger partial charge in [-0.25, -0.2) is 9.18 Å². The predicted octanol–water partition coefficient (Wildman–Crippen LogP) is 0.355. The fourth-order valence-electron chi connectivity index (χ4n) is 4.01. The van der Waals surface area contributed by atoms with Crippen molar-refractivity contribution in [3.63, 3.8) is 0 Å². The minimum absolute atomic E-state index is 0. The topological polar surface area (TPSA) is 116 Å². The Bertz CT molecular complexity index is 1220. The number of rotatable bonds is 6. The summed E-state index contributed by atoms with van der Waals surface area (Å²) in [6.07, 6.45) is 0.762. The molecule has 2 aromatic carbocycles. The summed E-state index contributed by atoms with van der Waals surface area (Å²) in [6.45, 7) is 5.09. The van der Waals surface area contributed by atoms with Crippen LogP contribution >= 0.6 is 0 Å². The number of aryl methyl sites for hydroxylation is 1. The van der Waals surface area contributed by atoms with Gasteiger partial charge in [-0.1, -0.05) is 30.3 Å². The molecular weight excluding hydrogens is 464 g/mol. The van der Waals surface area contributed by atoms with E-state index in [1.807, 2.05) is 19.1 Å². The fraction of sp³-hybridized carbons (Fsp3) is 0.280. The number of halogens is 1. The molecule has 0 saturated carbocycles. The van der Waals surface area contributed by atoms with Gasteiger partial charge in [-0.15, -0.1) is 0 Å². The zero-order valence-electron chi connectivity index (χ0n) is 21.3. The molecule has 2 aromatic rings. The van der Waals surface area contributed by atoms with Crippen LogP contribution in [0.4, 0.5) is 9.18 Å². The Morgan fingerprint density at radius 2 is 1.80 bits per heavy atom. The number of likely N-dealkylation sites (N-methyl/N-ethyl adjacent to an activating group) is 1. The quantitative estimate of drug-likeness (QED) is 0.399. The molecule has 0 saturated heterocycles. The van der Waals surface area contributed by atoms with E-state index in [0.29, 0.717) is 28.0 Å². The molecule has 3 rings (SSSR count). The zero-order valence-corrected chi connectivity index (χ0v) is 22.3. The summed E-state index contributed by atoms with van der Waals surface area (Å²) in [4.78, 5) is 50.2. The molecule has 0 fully saturated rings. The molecule has 1 heterocycles. The van der Waals surface area contributed by atoms with Crippen molar-refractivity contribution in [1.29, 1.82) is 0 Å². The van der Waals surface area contributed by atoms with Gasteiger partial charge in [0.05, 0.1) is 12.5 Å². The van der Waals surface area contributed by atoms with Crippen LogP contribution in [0.3, 0.4) is 0 Å². The molecule has 3 N–H and O–H groups in total. The number of benzene rings is 2. The van der Waals surface area contributed by atoms with Crippen molar-refractivity contribution < 1.29 is 59.7 Å². The van der Waals surface area contributed by atoms with Crippen LogP contribution in [0.5, 0.6) is 0 Å². The summed E-state index contributed by atoms with van der Waals surface area (Å²) in [7, 11) is 1.48. The average Bonchev–Trinajstić information content (AvgIpc) is 2.76. The van der Waals surface area contributed by atoms with Crippen molar-refractivity contribution in [3.8, 4) is 11.1 Å². The van der Waals surface area contributed by atoms with E-state index in [4.69, 9.17) is 0 Å². The largest absolute Gasteiger partial charge is 1.00 e. The number of nitrogens with zero attached hydrogens (tertiary/aromatic N) is 1. The number of aliphatic carboxylic acids is 1. The van der Waals surface area contributed by atoms with Crippen LogP contribution in [0, 0.1) is 19.7 Å². The second kappa shape index (κ2) is 11.6. The molecular formula is C25H27FN3NaO5. The van der Waals surface area contributed by atoms with Gasteiger partial charge >= 0.3 is 41.6 Å². The third-order valence-corrected chi connectivity index (χ3v) is 5.95. The summed E-state index contributed by atoms with van der Waals surface area (Å²) < 4.78 is 14.8. The van der Waals surface area contributed by atoms with Crippen LogP contribution < -0.4 is 40.2 Å². The van der Waals surface area contributed by atoms with Crippen molar-refractivity contribution in [1.82, 2.24) is 15.5 Å². The Kier molecular flexibility index (Phi) is 9.37. The van der Waals surface area contributed by atoms with Crippen molar-refractivity contribution >= 4 is 23.7 Å². The molecule has 0 spiro atoms. The maximum Gasteiger partial charge on any atom is 1.00 e. The zero-order chi connectivity index (χ0) is 25.2. The van der Waals surface area contributed by atoms with Crippen LogP contribution in [0.25, 0.3) is 11.1 Å². The summed E-state index contributed by atoms with van der Waals surface area (Å²) in [5.41, 5.74) is 3.14. The summed E-state index contributed by atoms with van der Waals surface area (Å²) >= 11 is 0. The summed E-state index contributed by atoms with van der Waals surface area (Å²) in [6, 6.07) is 6.53. The molecule has 2 atom stereocenters. The first-order valence-electron chi connectivity index (χ1n) is 10.6. The molecule has 0 bridgehead atoms. The van der Waals surface area contributed by atoms with Gasteiger partial charge in [-0.3, -0.25) is 14.4 Å². The molecule has 1 aliphatic rings. The van der Waals surface area contributed by atoms with Crippen LogP contribution in [-0.4, -0.2) is 46.8 Å². The van der Waals surface area contributed by atoms with Gasteiger partial charge in [0.1, 0.15) is 5.82 Å². The Labute approximate surface area is 226 Å². The molecule has 2 unspecified atom stereocenters. The first-order valence-corrected chi connectivity index (χ1v) is 10.6. The van der Waals surface area contributed by atoms with Gasteiger partial charge < -0.3 is 22.1 Å². The van der Waals surface area contributed by atoms with Gasteiger partial charge in [-0.05, 0) is 49.1 Å². The Balaban J connectivity index is 0.00000324. The number of hydrogen-bond donors (Lipinski definition) is 3. The monoisotopic (exact) mass is 491 g/mol. The summed E-state index contributed by atoms with van der Waals surface area (Å²) in [5, 5.41) is 14.3. The van der Waals surface area contributed by atoms with Crippen LogP contribution in [0.1, 0.15) is 37.5 Å². The molecule has 180 valence electrons. The maximum absolute atomic E-state index is 14.8. The van der Waals surface area contributed by atoms with Gasteiger partial charge in [0.25, 0.3) is 5.91 Å². The average molecular weight is 491 g/mol. The standard InChI is InChI=1S/C25H26FN3O5.Na.H/c1-13-7-5-6-8-16(13)22-15(3)17(9-10-18(22)26)19(12-21(31)32)27-25(34)28-23-20(30)11-14(2)29(4)24(23)33;;/h5-11,19,23H,12H2,1-4H3,(H,31,32)(H2,27,28,34);;/q;+1;-1. The van der Waals surface area contributed by atoms with Gasteiger partial charge in [0, 0.05) is 24.4 Å². The van der Waals surface area contributed by atoms with E-state index in [1.165, 1.54) is 30.2 Å². The number of amides is 3. The van der Waals surface area contributed by atoms with E-state index in [9.17, 15) is 28.7 Å². The van der Waals surface area contributed by atoms with E-state index in [-0.39, 0.29) is 31.0 Å². The van der Waals surface area contributed by atoms with Crippen molar-refractivity contribution in [2.45, 2.75) is 39.3 Å². The number of urea groups is 1. The van der Waals surface area contributed by atoms with E-state index in [2.05, 4.69) is 10.6 Å². The van der Waals surface area contributed by atoms with Crippen molar-refractivity contribution in [2.75, 3.05) is 7.05 Å². The molecule has 10 heteroatoms. The minimum atomic E-state index is -1.42. The normalized spacial score (nSPS) is 16.2. The number of hydrogen-bond acceptors (Lipinski definition) is 4. The summed E-state index contributed by atoms with van der Waals surface area (Å²) in [5.74, 6) is -2.84. The van der Waals surface area contributed by atoms with E-state index < -0.39 is 48.0 Å². The molecule has 0 aromatic heterocycles. The maximum atomic E-state index is 14.8. The second-order valence-electron chi connectivity index (χ2n) is 8.24. The van der Waals surface area contributed by atoms with Crippen molar-refractivity contribution in [3.05, 3.63) is 70.7 Å². The number of carbonyl (C=O) groups is 4. The Hall–Kier alpha value is -3.01. The van der Waals surface area contributed by atoms with Crippen LogP contribution in [0.2, 0.25) is 0 Å². The Morgan fingerprint density at radius 1 is 1.14 bits per heavy atom. The first kappa shape index (κ1) is 28.2. The second-order valence-corrected chi connectivity index (χ2v) is 8.24. The van der Waals surface area contributed by atoms with Crippen LogP contribution in [0.15, 0.2) is 48.2 Å². The third kappa shape index (κ3) is 6.17. The number of ketones is 1. The molecule has 3 amide bonds. The molecule has 8 nitrogen and oxygen atoms in total. The van der Waals surface area contributed by atoms with Gasteiger partial charge in [0.2, 0.25) is 0 Å². The van der Waals surface area contributed by atoms with Gasteiger partial charge in [-0.2, -0.15) is 0 Å². The van der Waals surface area contributed by atoms with E-state index >= 15 is 0 Å². The molecule has 0 radical (unpaired) electrons.